The summed E-state index contributed by atoms with van der Waals surface area (Å²) < 4.78 is 53.8. The first-order valence-corrected chi connectivity index (χ1v) is 12.4. The van der Waals surface area contributed by atoms with Crippen LogP contribution in [0, 0.1) is 5.92 Å². The molecule has 1 aliphatic rings. The lowest BCUT2D eigenvalue weighted by Gasteiger charge is -2.29. The van der Waals surface area contributed by atoms with Crippen molar-refractivity contribution in [3.05, 3.63) is 24.3 Å². The maximum Gasteiger partial charge on any atom is 0.307 e. The van der Waals surface area contributed by atoms with Crippen LogP contribution >= 0.6 is 0 Å². The van der Waals surface area contributed by atoms with Crippen molar-refractivity contribution >= 4 is 26.0 Å². The van der Waals surface area contributed by atoms with Crippen molar-refractivity contribution in [1.82, 2.24) is 8.61 Å². The van der Waals surface area contributed by atoms with Crippen molar-refractivity contribution in [2.45, 2.75) is 49.3 Å². The van der Waals surface area contributed by atoms with E-state index in [-0.39, 0.29) is 22.9 Å². The predicted octanol–water partition coefficient (Wildman–Crippen LogP) is 1.98. The molecule has 0 spiro atoms. The van der Waals surface area contributed by atoms with Gasteiger partial charge in [-0.25, -0.2) is 16.8 Å². The predicted molar refractivity (Wildman–Crippen MR) is 105 cm³/mol. The van der Waals surface area contributed by atoms with E-state index in [1.807, 2.05) is 13.8 Å². The second-order valence-corrected chi connectivity index (χ2v) is 10.8. The second kappa shape index (κ2) is 9.34. The molecule has 1 atom stereocenters. The number of rotatable bonds is 9. The van der Waals surface area contributed by atoms with Gasteiger partial charge in [0.2, 0.25) is 20.0 Å². The van der Waals surface area contributed by atoms with E-state index in [1.54, 1.807) is 0 Å². The number of hydrogen-bond acceptors (Lipinski definition) is 5. The molecule has 1 N–H and O–H groups in total. The Labute approximate surface area is 167 Å². The molecule has 0 unspecified atom stereocenters. The van der Waals surface area contributed by atoms with Gasteiger partial charge >= 0.3 is 5.97 Å². The fourth-order valence-electron chi connectivity index (χ4n) is 3.29. The van der Waals surface area contributed by atoms with Gasteiger partial charge in [-0.05, 0) is 49.9 Å². The number of piperidine rings is 1. The van der Waals surface area contributed by atoms with Gasteiger partial charge in [-0.15, -0.1) is 0 Å². The molecular weight excluding hydrogens is 404 g/mol. The zero-order valence-corrected chi connectivity index (χ0v) is 17.9. The molecule has 28 heavy (non-hydrogen) atoms. The first-order valence-electron chi connectivity index (χ1n) is 9.47. The van der Waals surface area contributed by atoms with E-state index < -0.39 is 31.9 Å². The van der Waals surface area contributed by atoms with E-state index in [4.69, 9.17) is 5.11 Å². The Balaban J connectivity index is 2.26. The maximum atomic E-state index is 12.8. The van der Waals surface area contributed by atoms with Crippen molar-refractivity contribution < 1.29 is 26.7 Å². The van der Waals surface area contributed by atoms with E-state index in [2.05, 4.69) is 0 Å². The molecule has 0 aliphatic carbocycles. The fourth-order valence-corrected chi connectivity index (χ4v) is 6.44. The summed E-state index contributed by atoms with van der Waals surface area (Å²) in [6.07, 6.45) is 2.30. The lowest BCUT2D eigenvalue weighted by atomic mass is 10.0. The molecular formula is C18H28N2O6S2. The molecule has 0 aromatic heterocycles. The molecule has 10 heteroatoms. The highest BCUT2D eigenvalue weighted by Gasteiger charge is 2.33. The van der Waals surface area contributed by atoms with Crippen molar-refractivity contribution in [2.75, 3.05) is 26.2 Å². The minimum atomic E-state index is -3.87. The third-order valence-corrected chi connectivity index (χ3v) is 8.57. The monoisotopic (exact) mass is 432 g/mol. The number of hydrogen-bond donors (Lipinski definition) is 1. The smallest absolute Gasteiger partial charge is 0.307 e. The summed E-state index contributed by atoms with van der Waals surface area (Å²) in [5.74, 6) is -1.73. The van der Waals surface area contributed by atoms with Crippen LogP contribution in [0.3, 0.4) is 0 Å². The van der Waals surface area contributed by atoms with Crippen LogP contribution in [-0.4, -0.2) is 62.7 Å². The molecule has 2 rings (SSSR count). The van der Waals surface area contributed by atoms with E-state index in [0.29, 0.717) is 38.8 Å². The quantitative estimate of drug-likeness (QED) is 0.639. The molecule has 158 valence electrons. The Morgan fingerprint density at radius 3 is 2.11 bits per heavy atom. The molecule has 1 aliphatic heterocycles. The average molecular weight is 433 g/mol. The molecule has 0 saturated carbocycles. The molecule has 8 nitrogen and oxygen atoms in total. The number of sulfonamides is 2. The third kappa shape index (κ3) is 4.91. The van der Waals surface area contributed by atoms with Crippen LogP contribution in [0.4, 0.5) is 0 Å². The van der Waals surface area contributed by atoms with Crippen LogP contribution < -0.4 is 0 Å². The van der Waals surface area contributed by atoms with Crippen LogP contribution in [0.1, 0.15) is 39.5 Å². The Kier molecular flexibility index (Phi) is 7.60. The Morgan fingerprint density at radius 1 is 1.07 bits per heavy atom. The van der Waals surface area contributed by atoms with Gasteiger partial charge in [0.25, 0.3) is 0 Å². The second-order valence-electron chi connectivity index (χ2n) is 6.92. The van der Waals surface area contributed by atoms with Gasteiger partial charge < -0.3 is 5.11 Å². The lowest BCUT2D eigenvalue weighted by Crippen LogP contribution is -2.42. The van der Waals surface area contributed by atoms with Crippen molar-refractivity contribution in [2.24, 2.45) is 5.92 Å². The number of aliphatic carboxylic acids is 1. The standard InChI is InChI=1S/C18H28N2O6S2/c1-3-11-19(12-4-2)27(23,24)16-7-9-17(10-8-16)28(25,26)20-13-5-6-15(14-20)18(21)22/h7-10,15H,3-6,11-14H2,1-2H3,(H,21,22)/t15-/m1/s1. The average Bonchev–Trinajstić information content (AvgIpc) is 2.68. The number of nitrogens with zero attached hydrogens (tertiary/aromatic N) is 2. The highest BCUT2D eigenvalue weighted by atomic mass is 32.2. The van der Waals surface area contributed by atoms with Crippen LogP contribution in [0.25, 0.3) is 0 Å². The summed E-state index contributed by atoms with van der Waals surface area (Å²) in [6, 6.07) is 5.17. The molecule has 1 saturated heterocycles. The molecule has 0 bridgehead atoms. The highest BCUT2D eigenvalue weighted by Crippen LogP contribution is 2.25. The fraction of sp³-hybridized carbons (Fsp3) is 0.611. The minimum Gasteiger partial charge on any atom is -0.481 e. The van der Waals surface area contributed by atoms with Gasteiger partial charge in [0.05, 0.1) is 15.7 Å². The van der Waals surface area contributed by atoms with Gasteiger partial charge in [0.15, 0.2) is 0 Å². The number of carboxylic acids is 1. The molecule has 1 aromatic carbocycles. The van der Waals surface area contributed by atoms with Gasteiger partial charge in [-0.2, -0.15) is 8.61 Å². The zero-order chi connectivity index (χ0) is 20.9. The number of benzene rings is 1. The third-order valence-electron chi connectivity index (χ3n) is 4.78. The Hall–Kier alpha value is -1.49. The molecule has 1 heterocycles. The van der Waals surface area contributed by atoms with Crippen LogP contribution in [0.2, 0.25) is 0 Å². The summed E-state index contributed by atoms with van der Waals surface area (Å²) >= 11 is 0. The summed E-state index contributed by atoms with van der Waals surface area (Å²) in [5.41, 5.74) is 0. The summed E-state index contributed by atoms with van der Waals surface area (Å²) in [7, 11) is -7.56. The summed E-state index contributed by atoms with van der Waals surface area (Å²) in [5, 5.41) is 9.16. The number of carboxylic acid groups (broad SMARTS) is 1. The molecule has 0 radical (unpaired) electrons. The normalized spacial score (nSPS) is 19.0. The van der Waals surface area contributed by atoms with Crippen LogP contribution in [0.5, 0.6) is 0 Å². The minimum absolute atomic E-state index is 0.0324. The van der Waals surface area contributed by atoms with Crippen LogP contribution in [0.15, 0.2) is 34.1 Å². The summed E-state index contributed by atoms with van der Waals surface area (Å²) in [6.45, 7) is 4.79. The first-order chi connectivity index (χ1) is 13.1. The zero-order valence-electron chi connectivity index (χ0n) is 16.2. The Bertz CT molecular complexity index is 875. The topological polar surface area (TPSA) is 112 Å². The molecule has 1 fully saturated rings. The number of carbonyl (C=O) groups is 1. The van der Waals surface area contributed by atoms with Gasteiger partial charge in [0.1, 0.15) is 0 Å². The molecule has 1 aromatic rings. The highest BCUT2D eigenvalue weighted by molar-refractivity contribution is 7.89. The maximum absolute atomic E-state index is 12.8. The summed E-state index contributed by atoms with van der Waals surface area (Å²) in [4.78, 5) is 11.2. The first kappa shape index (κ1) is 22.8. The Morgan fingerprint density at radius 2 is 1.61 bits per heavy atom. The lowest BCUT2D eigenvalue weighted by molar-refractivity contribution is -0.142. The van der Waals surface area contributed by atoms with Crippen molar-refractivity contribution in [3.63, 3.8) is 0 Å². The van der Waals surface area contributed by atoms with Crippen LogP contribution in [-0.2, 0) is 24.8 Å². The van der Waals surface area contributed by atoms with E-state index >= 15 is 0 Å². The molecule has 0 amide bonds. The van der Waals surface area contributed by atoms with Crippen molar-refractivity contribution in [1.29, 1.82) is 0 Å². The largest absolute Gasteiger partial charge is 0.481 e. The van der Waals surface area contributed by atoms with Gasteiger partial charge in [-0.3, -0.25) is 4.79 Å². The van der Waals surface area contributed by atoms with E-state index in [9.17, 15) is 21.6 Å². The van der Waals surface area contributed by atoms with E-state index in [0.717, 1.165) is 0 Å². The van der Waals surface area contributed by atoms with Gasteiger partial charge in [0, 0.05) is 26.2 Å². The van der Waals surface area contributed by atoms with Crippen molar-refractivity contribution in [3.8, 4) is 0 Å². The van der Waals surface area contributed by atoms with E-state index in [1.165, 1.54) is 32.9 Å². The van der Waals surface area contributed by atoms with Gasteiger partial charge in [-0.1, -0.05) is 13.8 Å². The SMILES string of the molecule is CCCN(CCC)S(=O)(=O)c1ccc(S(=O)(=O)N2CCC[C@@H](C(=O)O)C2)cc1.